The van der Waals surface area contributed by atoms with E-state index in [-0.39, 0.29) is 6.42 Å². The third-order valence-corrected chi connectivity index (χ3v) is 5.34. The van der Waals surface area contributed by atoms with Crippen LogP contribution in [0.4, 0.5) is 0 Å². The standard InChI is InChI=1S/C9H20O5S2Si/c1-5-9(15,16)7-6-8(10)14-17(11-2,12-3)13-4/h15-16H,5-7H2,1-4H3. The maximum absolute atomic E-state index is 11.6. The Labute approximate surface area is 114 Å². The van der Waals surface area contributed by atoms with Gasteiger partial charge in [0.2, 0.25) is 0 Å². The molecule has 0 fully saturated rings. The van der Waals surface area contributed by atoms with Crippen molar-refractivity contribution < 1.29 is 22.5 Å². The van der Waals surface area contributed by atoms with Crippen molar-refractivity contribution in [3.63, 3.8) is 0 Å². The van der Waals surface area contributed by atoms with Crippen LogP contribution in [0.1, 0.15) is 26.2 Å². The first-order valence-electron chi connectivity index (χ1n) is 5.16. The van der Waals surface area contributed by atoms with Crippen LogP contribution in [0.3, 0.4) is 0 Å². The molecule has 0 aromatic heterocycles. The van der Waals surface area contributed by atoms with Crippen LogP contribution in [0, 0.1) is 0 Å². The Morgan fingerprint density at radius 1 is 1.18 bits per heavy atom. The SMILES string of the molecule is CCC(S)(S)CCC(=O)O[Si](OC)(OC)OC. The second-order valence-corrected chi connectivity index (χ2v) is 7.92. The van der Waals surface area contributed by atoms with Crippen molar-refractivity contribution in [2.24, 2.45) is 0 Å². The lowest BCUT2D eigenvalue weighted by atomic mass is 10.2. The summed E-state index contributed by atoms with van der Waals surface area (Å²) < 4.78 is 19.6. The molecule has 0 aromatic carbocycles. The summed E-state index contributed by atoms with van der Waals surface area (Å²) in [6, 6.07) is 0. The molecule has 0 aliphatic rings. The smallest absolute Gasteiger partial charge is 0.452 e. The molecule has 0 aliphatic heterocycles. The van der Waals surface area contributed by atoms with Gasteiger partial charge in [0.15, 0.2) is 0 Å². The average Bonchev–Trinajstić information content (AvgIpc) is 2.34. The molecule has 0 unspecified atom stereocenters. The monoisotopic (exact) mass is 300 g/mol. The summed E-state index contributed by atoms with van der Waals surface area (Å²) in [7, 11) is 0.839. The fourth-order valence-electron chi connectivity index (χ4n) is 1.04. The van der Waals surface area contributed by atoms with Gasteiger partial charge in [-0.2, -0.15) is 25.3 Å². The highest BCUT2D eigenvalue weighted by Crippen LogP contribution is 2.29. The minimum absolute atomic E-state index is 0.186. The molecule has 0 aromatic rings. The van der Waals surface area contributed by atoms with Crippen LogP contribution in [0.2, 0.25) is 0 Å². The number of carbonyl (C=O) groups is 1. The molecule has 0 atom stereocenters. The molecule has 0 spiro atoms. The third kappa shape index (κ3) is 6.12. The number of carbonyl (C=O) groups excluding carboxylic acids is 1. The van der Waals surface area contributed by atoms with E-state index >= 15 is 0 Å². The lowest BCUT2D eigenvalue weighted by Gasteiger charge is -2.24. The maximum atomic E-state index is 11.6. The summed E-state index contributed by atoms with van der Waals surface area (Å²) in [6.07, 6.45) is 1.43. The fraction of sp³-hybridized carbons (Fsp3) is 0.889. The Bertz CT molecular complexity index is 237. The Hall–Kier alpha value is 0.267. The number of thiol groups is 2. The largest absolute Gasteiger partial charge is 0.750 e. The zero-order valence-corrected chi connectivity index (χ0v) is 13.3. The highest BCUT2D eigenvalue weighted by atomic mass is 32.2. The van der Waals surface area contributed by atoms with Gasteiger partial charge in [0.25, 0.3) is 5.97 Å². The molecule has 102 valence electrons. The first kappa shape index (κ1) is 17.3. The van der Waals surface area contributed by atoms with E-state index < -0.39 is 19.1 Å². The summed E-state index contributed by atoms with van der Waals surface area (Å²) in [5.74, 6) is -0.442. The summed E-state index contributed by atoms with van der Waals surface area (Å²) in [4.78, 5) is 11.6. The zero-order chi connectivity index (χ0) is 13.5. The van der Waals surface area contributed by atoms with Gasteiger partial charge in [0.1, 0.15) is 0 Å². The van der Waals surface area contributed by atoms with Crippen LogP contribution >= 0.6 is 25.3 Å². The summed E-state index contributed by atoms with van der Waals surface area (Å²) in [6.45, 7) is 1.95. The van der Waals surface area contributed by atoms with Crippen molar-refractivity contribution in [3.05, 3.63) is 0 Å². The van der Waals surface area contributed by atoms with Crippen LogP contribution in [0.5, 0.6) is 0 Å². The highest BCUT2D eigenvalue weighted by Gasteiger charge is 2.46. The molecule has 0 N–H and O–H groups in total. The van der Waals surface area contributed by atoms with Gasteiger partial charge in [-0.25, -0.2) is 0 Å². The van der Waals surface area contributed by atoms with Crippen molar-refractivity contribution in [3.8, 4) is 0 Å². The molecule has 8 heteroatoms. The Morgan fingerprint density at radius 2 is 1.65 bits per heavy atom. The summed E-state index contributed by atoms with van der Waals surface area (Å²) in [5, 5.41) is 0. The van der Waals surface area contributed by atoms with E-state index in [1.54, 1.807) is 0 Å². The highest BCUT2D eigenvalue weighted by molar-refractivity contribution is 8.00. The van der Waals surface area contributed by atoms with Gasteiger partial charge < -0.3 is 17.7 Å². The topological polar surface area (TPSA) is 54.0 Å². The third-order valence-electron chi connectivity index (χ3n) is 2.28. The molecular formula is C9H20O5S2Si. The van der Waals surface area contributed by atoms with Crippen molar-refractivity contribution in [2.75, 3.05) is 21.3 Å². The first-order chi connectivity index (χ1) is 7.84. The van der Waals surface area contributed by atoms with Crippen molar-refractivity contribution in [2.45, 2.75) is 30.3 Å². The molecule has 0 saturated heterocycles. The van der Waals surface area contributed by atoms with Crippen molar-refractivity contribution in [1.82, 2.24) is 0 Å². The van der Waals surface area contributed by atoms with E-state index in [2.05, 4.69) is 25.3 Å². The van der Waals surface area contributed by atoms with E-state index in [4.69, 9.17) is 17.7 Å². The predicted octanol–water partition coefficient (Wildman–Crippen LogP) is 1.65. The van der Waals surface area contributed by atoms with Crippen LogP contribution in [-0.4, -0.2) is 40.4 Å². The molecule has 0 saturated carbocycles. The van der Waals surface area contributed by atoms with Gasteiger partial charge in [-0.05, 0) is 12.8 Å². The number of rotatable bonds is 8. The molecule has 17 heavy (non-hydrogen) atoms. The van der Waals surface area contributed by atoms with Gasteiger partial charge in [-0.1, -0.05) is 6.92 Å². The van der Waals surface area contributed by atoms with Crippen molar-refractivity contribution >= 4 is 40.3 Å². The van der Waals surface area contributed by atoms with Gasteiger partial charge in [-0.15, -0.1) is 0 Å². The van der Waals surface area contributed by atoms with Gasteiger partial charge in [0.05, 0.1) is 4.08 Å². The van der Waals surface area contributed by atoms with E-state index in [0.717, 1.165) is 6.42 Å². The van der Waals surface area contributed by atoms with Gasteiger partial charge in [-0.3, -0.25) is 4.79 Å². The van der Waals surface area contributed by atoms with Crippen LogP contribution in [-0.2, 0) is 22.5 Å². The zero-order valence-electron chi connectivity index (χ0n) is 10.6. The lowest BCUT2D eigenvalue weighted by Crippen LogP contribution is -2.48. The van der Waals surface area contributed by atoms with Gasteiger partial charge in [0, 0.05) is 27.8 Å². The maximum Gasteiger partial charge on any atom is 0.750 e. The molecule has 0 radical (unpaired) electrons. The second-order valence-electron chi connectivity index (χ2n) is 3.42. The predicted molar refractivity (Wildman–Crippen MR) is 73.1 cm³/mol. The summed E-state index contributed by atoms with van der Waals surface area (Å²) in [5.41, 5.74) is 0. The second kappa shape index (κ2) is 7.65. The Balaban J connectivity index is 4.26. The summed E-state index contributed by atoms with van der Waals surface area (Å²) >= 11 is 8.63. The van der Waals surface area contributed by atoms with E-state index in [1.807, 2.05) is 6.92 Å². The molecule has 5 nitrogen and oxygen atoms in total. The van der Waals surface area contributed by atoms with E-state index in [1.165, 1.54) is 21.3 Å². The minimum Gasteiger partial charge on any atom is -0.452 e. The molecule has 0 amide bonds. The fourth-order valence-corrected chi connectivity index (χ4v) is 2.40. The molecule has 0 rings (SSSR count). The van der Waals surface area contributed by atoms with Crippen LogP contribution in [0.15, 0.2) is 0 Å². The van der Waals surface area contributed by atoms with E-state index in [9.17, 15) is 4.79 Å². The average molecular weight is 300 g/mol. The van der Waals surface area contributed by atoms with E-state index in [0.29, 0.717) is 6.42 Å². The van der Waals surface area contributed by atoms with Crippen LogP contribution in [0.25, 0.3) is 0 Å². The quantitative estimate of drug-likeness (QED) is 0.405. The van der Waals surface area contributed by atoms with Crippen LogP contribution < -0.4 is 0 Å². The van der Waals surface area contributed by atoms with Gasteiger partial charge >= 0.3 is 9.05 Å². The number of hydrogen-bond acceptors (Lipinski definition) is 7. The lowest BCUT2D eigenvalue weighted by molar-refractivity contribution is -0.143. The number of hydrogen-bond donors (Lipinski definition) is 2. The minimum atomic E-state index is -3.29. The normalized spacial score (nSPS) is 12.6. The van der Waals surface area contributed by atoms with Crippen molar-refractivity contribution in [1.29, 1.82) is 0 Å². The molecule has 0 bridgehead atoms. The molecule has 0 heterocycles. The molecule has 0 aliphatic carbocycles. The first-order valence-corrected chi connectivity index (χ1v) is 7.69. The Morgan fingerprint density at radius 3 is 2.00 bits per heavy atom. The Kier molecular flexibility index (Phi) is 7.77. The molecular weight excluding hydrogens is 280 g/mol.